The van der Waals surface area contributed by atoms with Crippen LogP contribution in [0.1, 0.15) is 25.0 Å². The Balaban J connectivity index is 1.91. The molecule has 152 valence electrons. The lowest BCUT2D eigenvalue weighted by Gasteiger charge is -2.24. The monoisotopic (exact) mass is 386 g/mol. The van der Waals surface area contributed by atoms with Crippen molar-refractivity contribution >= 4 is 5.91 Å². The lowest BCUT2D eigenvalue weighted by molar-refractivity contribution is -0.125. The van der Waals surface area contributed by atoms with Crippen LogP contribution >= 0.6 is 0 Å². The molecular formula is C22H30N2O4. The zero-order valence-electron chi connectivity index (χ0n) is 17.3. The standard InChI is InChI=1S/C22H30N2O4/c1-6-28-20-12-9-18(13-21(20)27-5)15-24(3)16(2)22(25)23-14-17-7-10-19(26-4)11-8-17/h7-13,16H,6,14-15H2,1-5H3,(H,23,25)/t16-/m1/s1. The molecule has 28 heavy (non-hydrogen) atoms. The van der Waals surface area contributed by atoms with E-state index in [1.807, 2.05) is 68.3 Å². The number of hydrogen-bond donors (Lipinski definition) is 1. The molecule has 1 amide bonds. The summed E-state index contributed by atoms with van der Waals surface area (Å²) < 4.78 is 16.1. The molecule has 2 aromatic rings. The minimum Gasteiger partial charge on any atom is -0.497 e. The molecule has 2 rings (SSSR count). The topological polar surface area (TPSA) is 60.0 Å². The van der Waals surface area contributed by atoms with Crippen molar-refractivity contribution in [1.82, 2.24) is 10.2 Å². The van der Waals surface area contributed by atoms with Gasteiger partial charge >= 0.3 is 0 Å². The first-order valence-electron chi connectivity index (χ1n) is 9.39. The summed E-state index contributed by atoms with van der Waals surface area (Å²) in [6.07, 6.45) is 0. The van der Waals surface area contributed by atoms with Crippen molar-refractivity contribution in [2.24, 2.45) is 0 Å². The predicted molar refractivity (Wildman–Crippen MR) is 110 cm³/mol. The number of carbonyl (C=O) groups is 1. The highest BCUT2D eigenvalue weighted by Crippen LogP contribution is 2.28. The average molecular weight is 386 g/mol. The molecule has 0 fully saturated rings. The van der Waals surface area contributed by atoms with Gasteiger partial charge in [-0.3, -0.25) is 9.69 Å². The number of hydrogen-bond acceptors (Lipinski definition) is 5. The van der Waals surface area contributed by atoms with E-state index in [1.54, 1.807) is 14.2 Å². The number of amides is 1. The lowest BCUT2D eigenvalue weighted by atomic mass is 10.1. The minimum absolute atomic E-state index is 0.0174. The Morgan fingerprint density at radius 1 is 1.04 bits per heavy atom. The average Bonchev–Trinajstić information content (AvgIpc) is 2.72. The Morgan fingerprint density at radius 3 is 2.32 bits per heavy atom. The summed E-state index contributed by atoms with van der Waals surface area (Å²) in [7, 11) is 5.19. The summed E-state index contributed by atoms with van der Waals surface area (Å²) >= 11 is 0. The Labute approximate surface area is 167 Å². The number of rotatable bonds is 10. The third kappa shape index (κ3) is 5.89. The van der Waals surface area contributed by atoms with Crippen LogP contribution in [0.5, 0.6) is 17.2 Å². The maximum atomic E-state index is 12.5. The molecule has 0 heterocycles. The second kappa shape index (κ2) is 10.6. The highest BCUT2D eigenvalue weighted by Gasteiger charge is 2.18. The van der Waals surface area contributed by atoms with E-state index in [4.69, 9.17) is 14.2 Å². The molecule has 0 saturated heterocycles. The Hall–Kier alpha value is -2.73. The van der Waals surface area contributed by atoms with Gasteiger partial charge in [-0.1, -0.05) is 18.2 Å². The molecule has 1 N–H and O–H groups in total. The Kier molecular flexibility index (Phi) is 8.14. The molecule has 0 spiro atoms. The van der Waals surface area contributed by atoms with Crippen molar-refractivity contribution in [2.75, 3.05) is 27.9 Å². The number of methoxy groups -OCH3 is 2. The van der Waals surface area contributed by atoms with Crippen LogP contribution in [0, 0.1) is 0 Å². The summed E-state index contributed by atoms with van der Waals surface area (Å²) in [5.74, 6) is 2.20. The van der Waals surface area contributed by atoms with Gasteiger partial charge in [-0.15, -0.1) is 0 Å². The van der Waals surface area contributed by atoms with E-state index >= 15 is 0 Å². The number of likely N-dealkylation sites (N-methyl/N-ethyl adjacent to an activating group) is 1. The van der Waals surface area contributed by atoms with Crippen LogP contribution in [-0.4, -0.2) is 44.7 Å². The molecule has 0 aliphatic heterocycles. The summed E-state index contributed by atoms with van der Waals surface area (Å²) in [5.41, 5.74) is 2.08. The lowest BCUT2D eigenvalue weighted by Crippen LogP contribution is -2.42. The molecule has 0 aliphatic rings. The SMILES string of the molecule is CCOc1ccc(CN(C)[C@H](C)C(=O)NCc2ccc(OC)cc2)cc1OC. The fraction of sp³-hybridized carbons (Fsp3) is 0.409. The number of nitrogens with zero attached hydrogens (tertiary/aromatic N) is 1. The Bertz CT molecular complexity index is 762. The van der Waals surface area contributed by atoms with Crippen molar-refractivity contribution in [3.05, 3.63) is 53.6 Å². The summed E-state index contributed by atoms with van der Waals surface area (Å²) in [6, 6.07) is 13.2. The number of benzene rings is 2. The predicted octanol–water partition coefficient (Wildman–Crippen LogP) is 3.24. The van der Waals surface area contributed by atoms with Gasteiger partial charge in [0.15, 0.2) is 11.5 Å². The quantitative estimate of drug-likeness (QED) is 0.679. The van der Waals surface area contributed by atoms with E-state index in [1.165, 1.54) is 0 Å². The molecule has 0 unspecified atom stereocenters. The van der Waals surface area contributed by atoms with Gasteiger partial charge in [0, 0.05) is 13.1 Å². The van der Waals surface area contributed by atoms with Crippen molar-refractivity contribution < 1.29 is 19.0 Å². The first kappa shape index (κ1) is 21.6. The van der Waals surface area contributed by atoms with Crippen LogP contribution in [0.25, 0.3) is 0 Å². The Morgan fingerprint density at radius 2 is 1.71 bits per heavy atom. The molecule has 0 radical (unpaired) electrons. The maximum absolute atomic E-state index is 12.5. The molecule has 0 aromatic heterocycles. The molecule has 0 aliphatic carbocycles. The second-order valence-electron chi connectivity index (χ2n) is 6.58. The molecule has 2 aromatic carbocycles. The number of carbonyl (C=O) groups excluding carboxylic acids is 1. The first-order chi connectivity index (χ1) is 13.5. The molecule has 6 nitrogen and oxygen atoms in total. The van der Waals surface area contributed by atoms with E-state index < -0.39 is 0 Å². The van der Waals surface area contributed by atoms with Gasteiger partial charge in [0.1, 0.15) is 5.75 Å². The van der Waals surface area contributed by atoms with Gasteiger partial charge in [0.05, 0.1) is 26.9 Å². The summed E-state index contributed by atoms with van der Waals surface area (Å²) in [4.78, 5) is 14.5. The molecule has 0 bridgehead atoms. The van der Waals surface area contributed by atoms with E-state index in [0.29, 0.717) is 25.4 Å². The van der Waals surface area contributed by atoms with Crippen LogP contribution in [0.15, 0.2) is 42.5 Å². The fourth-order valence-electron chi connectivity index (χ4n) is 2.79. The number of ether oxygens (including phenoxy) is 3. The largest absolute Gasteiger partial charge is 0.497 e. The normalized spacial score (nSPS) is 11.8. The maximum Gasteiger partial charge on any atom is 0.237 e. The van der Waals surface area contributed by atoms with Crippen LogP contribution in [0.3, 0.4) is 0 Å². The van der Waals surface area contributed by atoms with Gasteiger partial charge in [-0.25, -0.2) is 0 Å². The highest BCUT2D eigenvalue weighted by molar-refractivity contribution is 5.81. The van der Waals surface area contributed by atoms with Crippen molar-refractivity contribution in [1.29, 1.82) is 0 Å². The van der Waals surface area contributed by atoms with Gasteiger partial charge in [0.25, 0.3) is 0 Å². The van der Waals surface area contributed by atoms with Crippen LogP contribution < -0.4 is 19.5 Å². The third-order valence-corrected chi connectivity index (χ3v) is 4.63. The third-order valence-electron chi connectivity index (χ3n) is 4.63. The van der Waals surface area contributed by atoms with E-state index in [0.717, 1.165) is 22.6 Å². The second-order valence-corrected chi connectivity index (χ2v) is 6.58. The minimum atomic E-state index is -0.268. The van der Waals surface area contributed by atoms with E-state index in [2.05, 4.69) is 5.32 Å². The van der Waals surface area contributed by atoms with Gasteiger partial charge in [-0.05, 0) is 56.3 Å². The van der Waals surface area contributed by atoms with Gasteiger partial charge in [-0.2, -0.15) is 0 Å². The summed E-state index contributed by atoms with van der Waals surface area (Å²) in [6.45, 7) is 5.53. The summed E-state index contributed by atoms with van der Waals surface area (Å²) in [5, 5.41) is 2.99. The van der Waals surface area contributed by atoms with E-state index in [9.17, 15) is 4.79 Å². The van der Waals surface area contributed by atoms with E-state index in [-0.39, 0.29) is 11.9 Å². The van der Waals surface area contributed by atoms with Crippen LogP contribution in [0.2, 0.25) is 0 Å². The smallest absolute Gasteiger partial charge is 0.237 e. The fourth-order valence-corrected chi connectivity index (χ4v) is 2.79. The van der Waals surface area contributed by atoms with Gasteiger partial charge in [0.2, 0.25) is 5.91 Å². The van der Waals surface area contributed by atoms with Crippen LogP contribution in [-0.2, 0) is 17.9 Å². The van der Waals surface area contributed by atoms with Gasteiger partial charge < -0.3 is 19.5 Å². The zero-order valence-corrected chi connectivity index (χ0v) is 17.3. The highest BCUT2D eigenvalue weighted by atomic mass is 16.5. The molecular weight excluding hydrogens is 356 g/mol. The molecule has 0 saturated carbocycles. The van der Waals surface area contributed by atoms with Crippen molar-refractivity contribution in [3.63, 3.8) is 0 Å². The zero-order chi connectivity index (χ0) is 20.5. The number of nitrogens with one attached hydrogen (secondary N) is 1. The van der Waals surface area contributed by atoms with Crippen LogP contribution in [0.4, 0.5) is 0 Å². The molecule has 1 atom stereocenters. The van der Waals surface area contributed by atoms with Crippen molar-refractivity contribution in [3.8, 4) is 17.2 Å². The van der Waals surface area contributed by atoms with Crippen molar-refractivity contribution in [2.45, 2.75) is 33.0 Å². The molecule has 6 heteroatoms. The first-order valence-corrected chi connectivity index (χ1v) is 9.39.